The van der Waals surface area contributed by atoms with Crippen LogP contribution < -0.4 is 14.9 Å². The number of anilines is 2. The van der Waals surface area contributed by atoms with Crippen LogP contribution in [0.15, 0.2) is 71.6 Å². The molecule has 0 saturated heterocycles. The zero-order valence-electron chi connectivity index (χ0n) is 18.7. The lowest BCUT2D eigenvalue weighted by Gasteiger charge is -2.37. The molecule has 0 fully saturated rings. The lowest BCUT2D eigenvalue weighted by Crippen LogP contribution is -2.52. The molecule has 0 aromatic heterocycles. The molecule has 0 radical (unpaired) electrons. The third-order valence-electron chi connectivity index (χ3n) is 5.69. The van der Waals surface area contributed by atoms with Crippen molar-refractivity contribution < 1.29 is 18.0 Å². The molecule has 1 atom stereocenters. The van der Waals surface area contributed by atoms with E-state index in [2.05, 4.69) is 10.6 Å². The Labute approximate surface area is 203 Å². The van der Waals surface area contributed by atoms with Crippen LogP contribution >= 0.6 is 11.6 Å². The van der Waals surface area contributed by atoms with Gasteiger partial charge in [0.25, 0.3) is 10.0 Å². The summed E-state index contributed by atoms with van der Waals surface area (Å²) >= 11 is 6.18. The van der Waals surface area contributed by atoms with Gasteiger partial charge >= 0.3 is 0 Å². The first kappa shape index (κ1) is 23.8. The van der Waals surface area contributed by atoms with E-state index in [0.29, 0.717) is 27.5 Å². The van der Waals surface area contributed by atoms with E-state index in [4.69, 9.17) is 11.6 Å². The third kappa shape index (κ3) is 4.64. The Morgan fingerprint density at radius 1 is 1.03 bits per heavy atom. The number of sulfonamides is 1. The van der Waals surface area contributed by atoms with Crippen molar-refractivity contribution in [2.75, 3.05) is 9.62 Å². The van der Waals surface area contributed by atoms with Gasteiger partial charge in [-0.05, 0) is 54.8 Å². The van der Waals surface area contributed by atoms with Crippen molar-refractivity contribution in [3.8, 4) is 0 Å². The molecule has 0 bridgehead atoms. The van der Waals surface area contributed by atoms with Crippen molar-refractivity contribution in [1.29, 1.82) is 0 Å². The molecule has 0 saturated carbocycles. The fourth-order valence-electron chi connectivity index (χ4n) is 3.92. The normalized spacial score (nSPS) is 15.4. The van der Waals surface area contributed by atoms with Gasteiger partial charge in [0.15, 0.2) is 0 Å². The Morgan fingerprint density at radius 3 is 2.44 bits per heavy atom. The number of nitrogens with zero attached hydrogens (tertiary/aromatic N) is 1. The number of hydrogen-bond acceptors (Lipinski definition) is 4. The van der Waals surface area contributed by atoms with Crippen LogP contribution in [0, 0.1) is 13.8 Å². The molecule has 2 N–H and O–H groups in total. The summed E-state index contributed by atoms with van der Waals surface area (Å²) in [6.45, 7) is 3.63. The minimum atomic E-state index is -4.21. The van der Waals surface area contributed by atoms with E-state index >= 15 is 0 Å². The number of carbonyl (C=O) groups excluding carboxylic acids is 2. The molecule has 1 aliphatic heterocycles. The maximum Gasteiger partial charge on any atom is 0.265 e. The Bertz CT molecular complexity index is 1360. The topological polar surface area (TPSA) is 95.6 Å². The first-order chi connectivity index (χ1) is 16.2. The number of rotatable bonds is 6. The zero-order valence-corrected chi connectivity index (χ0v) is 20.3. The van der Waals surface area contributed by atoms with Gasteiger partial charge in [-0.25, -0.2) is 8.42 Å². The van der Waals surface area contributed by atoms with Crippen molar-refractivity contribution in [2.24, 2.45) is 0 Å². The van der Waals surface area contributed by atoms with Gasteiger partial charge in [0.05, 0.1) is 22.7 Å². The van der Waals surface area contributed by atoms with Crippen LogP contribution in [0.2, 0.25) is 5.02 Å². The van der Waals surface area contributed by atoms with Gasteiger partial charge in [-0.1, -0.05) is 54.1 Å². The first-order valence-electron chi connectivity index (χ1n) is 10.7. The number of fused-ring (bicyclic) bond motifs is 1. The van der Waals surface area contributed by atoms with E-state index < -0.39 is 27.9 Å². The van der Waals surface area contributed by atoms with Crippen molar-refractivity contribution in [3.05, 3.63) is 88.4 Å². The Hall–Kier alpha value is -3.36. The first-order valence-corrected chi connectivity index (χ1v) is 12.5. The number of para-hydroxylation sites is 2. The minimum Gasteiger partial charge on any atom is -0.352 e. The summed E-state index contributed by atoms with van der Waals surface area (Å²) in [5.41, 5.74) is 2.60. The van der Waals surface area contributed by atoms with Crippen LogP contribution in [0.4, 0.5) is 11.4 Å². The molecule has 34 heavy (non-hydrogen) atoms. The Kier molecular flexibility index (Phi) is 6.63. The van der Waals surface area contributed by atoms with Gasteiger partial charge in [0.2, 0.25) is 11.8 Å². The molecule has 4 rings (SSSR count). The van der Waals surface area contributed by atoms with Gasteiger partial charge in [0, 0.05) is 11.6 Å². The van der Waals surface area contributed by atoms with E-state index in [-0.39, 0.29) is 17.9 Å². The molecule has 7 nitrogen and oxygen atoms in total. The van der Waals surface area contributed by atoms with E-state index in [9.17, 15) is 18.0 Å². The van der Waals surface area contributed by atoms with Crippen LogP contribution in [0.3, 0.4) is 0 Å². The lowest BCUT2D eigenvalue weighted by atomic mass is 10.1. The fraction of sp³-hybridized carbons (Fsp3) is 0.200. The van der Waals surface area contributed by atoms with E-state index in [1.165, 1.54) is 6.07 Å². The van der Waals surface area contributed by atoms with Crippen molar-refractivity contribution in [2.45, 2.75) is 37.8 Å². The quantitative estimate of drug-likeness (QED) is 0.534. The molecule has 3 aromatic rings. The van der Waals surface area contributed by atoms with Gasteiger partial charge in [0.1, 0.15) is 6.04 Å². The Morgan fingerprint density at radius 2 is 1.71 bits per heavy atom. The van der Waals surface area contributed by atoms with Crippen molar-refractivity contribution in [3.63, 3.8) is 0 Å². The zero-order chi connectivity index (χ0) is 24.5. The SMILES string of the molecule is Cc1cc(S(=O)(=O)N2c3ccccc3NC(=O)[C@H]2CC(=O)NCc2ccccc2)c(C)cc1Cl. The molecule has 9 heteroatoms. The monoisotopic (exact) mass is 497 g/mol. The summed E-state index contributed by atoms with van der Waals surface area (Å²) in [6, 6.07) is 17.8. The highest BCUT2D eigenvalue weighted by Gasteiger charge is 2.42. The van der Waals surface area contributed by atoms with Gasteiger partial charge in [-0.15, -0.1) is 0 Å². The van der Waals surface area contributed by atoms with Crippen LogP contribution in [0.5, 0.6) is 0 Å². The maximum absolute atomic E-state index is 13.9. The maximum atomic E-state index is 13.9. The minimum absolute atomic E-state index is 0.0357. The smallest absolute Gasteiger partial charge is 0.265 e. The second-order valence-electron chi connectivity index (χ2n) is 8.16. The van der Waals surface area contributed by atoms with Crippen LogP contribution in [-0.2, 0) is 26.2 Å². The van der Waals surface area contributed by atoms with Crippen molar-refractivity contribution >= 4 is 44.8 Å². The molecule has 3 aromatic carbocycles. The number of aryl methyl sites for hydroxylation is 2. The summed E-state index contributed by atoms with van der Waals surface area (Å²) in [7, 11) is -4.21. The molecule has 0 aliphatic carbocycles. The Balaban J connectivity index is 1.71. The van der Waals surface area contributed by atoms with Gasteiger partial charge < -0.3 is 10.6 Å². The number of nitrogens with one attached hydrogen (secondary N) is 2. The van der Waals surface area contributed by atoms with Gasteiger partial charge in [-0.3, -0.25) is 13.9 Å². The summed E-state index contributed by atoms with van der Waals surface area (Å²) in [6.07, 6.45) is -0.335. The lowest BCUT2D eigenvalue weighted by molar-refractivity contribution is -0.125. The standard InChI is InChI=1S/C25H24ClN3O4S/c1-16-13-23(17(2)12-19(16)26)34(32,33)29-21-11-7-6-10-20(21)28-25(31)22(29)14-24(30)27-15-18-8-4-3-5-9-18/h3-13,22H,14-15H2,1-2H3,(H,27,30)(H,28,31)/t22-/m1/s1. The molecule has 0 unspecified atom stereocenters. The summed E-state index contributed by atoms with van der Waals surface area (Å²) in [5.74, 6) is -1.01. The number of halogens is 1. The van der Waals surface area contributed by atoms with E-state index in [1.807, 2.05) is 30.3 Å². The molecule has 2 amide bonds. The molecular formula is C25H24ClN3O4S. The molecular weight excluding hydrogens is 474 g/mol. The average molecular weight is 498 g/mol. The number of hydrogen-bond donors (Lipinski definition) is 2. The highest BCUT2D eigenvalue weighted by atomic mass is 35.5. The van der Waals surface area contributed by atoms with Gasteiger partial charge in [-0.2, -0.15) is 0 Å². The third-order valence-corrected chi connectivity index (χ3v) is 8.06. The van der Waals surface area contributed by atoms with E-state index in [1.54, 1.807) is 44.2 Å². The number of amides is 2. The second kappa shape index (κ2) is 9.48. The fourth-order valence-corrected chi connectivity index (χ4v) is 6.06. The highest BCUT2D eigenvalue weighted by Crippen LogP contribution is 2.38. The van der Waals surface area contributed by atoms with Crippen LogP contribution in [0.1, 0.15) is 23.1 Å². The average Bonchev–Trinajstić information content (AvgIpc) is 2.81. The van der Waals surface area contributed by atoms with E-state index in [0.717, 1.165) is 9.87 Å². The number of carbonyl (C=O) groups is 2. The van der Waals surface area contributed by atoms with Crippen molar-refractivity contribution in [1.82, 2.24) is 5.32 Å². The second-order valence-corrected chi connectivity index (χ2v) is 10.3. The predicted molar refractivity (Wildman–Crippen MR) is 132 cm³/mol. The van der Waals surface area contributed by atoms with Crippen LogP contribution in [-0.4, -0.2) is 26.3 Å². The largest absolute Gasteiger partial charge is 0.352 e. The molecule has 1 aliphatic rings. The summed E-state index contributed by atoms with van der Waals surface area (Å²) < 4.78 is 28.9. The highest BCUT2D eigenvalue weighted by molar-refractivity contribution is 7.93. The molecule has 1 heterocycles. The predicted octanol–water partition coefficient (Wildman–Crippen LogP) is 4.18. The van der Waals surface area contributed by atoms with Crippen LogP contribution in [0.25, 0.3) is 0 Å². The summed E-state index contributed by atoms with van der Waals surface area (Å²) in [4.78, 5) is 25.9. The summed E-state index contributed by atoms with van der Waals surface area (Å²) in [5, 5.41) is 5.95. The number of benzene rings is 3. The molecule has 176 valence electrons. The molecule has 0 spiro atoms.